The predicted molar refractivity (Wildman–Crippen MR) is 84.5 cm³/mol. The molecule has 2 heterocycles. The van der Waals surface area contributed by atoms with Crippen LogP contribution in [0.5, 0.6) is 0 Å². The van der Waals surface area contributed by atoms with Crippen LogP contribution in [0, 0.1) is 11.7 Å². The summed E-state index contributed by atoms with van der Waals surface area (Å²) in [4.78, 5) is 28.4. The van der Waals surface area contributed by atoms with Crippen molar-refractivity contribution in [1.82, 2.24) is 15.1 Å². The Labute approximate surface area is 135 Å². The summed E-state index contributed by atoms with van der Waals surface area (Å²) in [6.45, 7) is 3.84. The molecule has 1 aromatic rings. The molecule has 2 amide bonds. The molecule has 1 unspecified atom stereocenters. The van der Waals surface area contributed by atoms with Crippen LogP contribution in [0.4, 0.5) is 4.39 Å². The van der Waals surface area contributed by atoms with E-state index in [-0.39, 0.29) is 17.7 Å². The molecule has 124 valence electrons. The number of hydrogen-bond acceptors (Lipinski definition) is 3. The Morgan fingerprint density at radius 3 is 2.52 bits per heavy atom. The number of amides is 2. The fourth-order valence-corrected chi connectivity index (χ4v) is 3.25. The zero-order valence-corrected chi connectivity index (χ0v) is 13.1. The zero-order valence-electron chi connectivity index (χ0n) is 13.1. The Kier molecular flexibility index (Phi) is 4.91. The monoisotopic (exact) mass is 319 g/mol. The van der Waals surface area contributed by atoms with Crippen molar-refractivity contribution in [3.63, 3.8) is 0 Å². The Morgan fingerprint density at radius 1 is 1.13 bits per heavy atom. The molecule has 1 aromatic carbocycles. The van der Waals surface area contributed by atoms with E-state index in [0.29, 0.717) is 31.7 Å². The third kappa shape index (κ3) is 3.69. The quantitative estimate of drug-likeness (QED) is 0.888. The number of carbonyl (C=O) groups is 2. The highest BCUT2D eigenvalue weighted by molar-refractivity contribution is 5.94. The third-order valence-corrected chi connectivity index (χ3v) is 4.60. The number of benzene rings is 1. The van der Waals surface area contributed by atoms with Crippen LogP contribution < -0.4 is 5.32 Å². The zero-order chi connectivity index (χ0) is 16.2. The summed E-state index contributed by atoms with van der Waals surface area (Å²) in [5.41, 5.74) is 0.362. The lowest BCUT2D eigenvalue weighted by Gasteiger charge is -2.37. The topological polar surface area (TPSA) is 52.7 Å². The highest BCUT2D eigenvalue weighted by atomic mass is 19.1. The van der Waals surface area contributed by atoms with E-state index in [2.05, 4.69) is 5.32 Å². The number of halogens is 1. The molecule has 1 atom stereocenters. The van der Waals surface area contributed by atoms with Gasteiger partial charge in [-0.05, 0) is 37.6 Å². The van der Waals surface area contributed by atoms with Gasteiger partial charge in [0, 0.05) is 38.3 Å². The Hall–Kier alpha value is -1.95. The van der Waals surface area contributed by atoms with Crippen LogP contribution in [-0.2, 0) is 4.79 Å². The van der Waals surface area contributed by atoms with Crippen molar-refractivity contribution in [2.45, 2.75) is 12.8 Å². The van der Waals surface area contributed by atoms with Crippen molar-refractivity contribution >= 4 is 11.8 Å². The number of hydrogen-bond donors (Lipinski definition) is 1. The lowest BCUT2D eigenvalue weighted by molar-refractivity contribution is -0.137. The molecular weight excluding hydrogens is 297 g/mol. The van der Waals surface area contributed by atoms with Gasteiger partial charge in [-0.1, -0.05) is 6.07 Å². The van der Waals surface area contributed by atoms with Gasteiger partial charge in [-0.25, -0.2) is 4.39 Å². The summed E-state index contributed by atoms with van der Waals surface area (Å²) in [6, 6.07) is 5.74. The van der Waals surface area contributed by atoms with Gasteiger partial charge in [0.25, 0.3) is 5.91 Å². The Bertz CT molecular complexity index is 579. The highest BCUT2D eigenvalue weighted by Gasteiger charge is 2.29. The molecule has 2 aliphatic rings. The number of piperazine rings is 1. The molecule has 2 fully saturated rings. The molecule has 0 aromatic heterocycles. The molecule has 0 radical (unpaired) electrons. The van der Waals surface area contributed by atoms with E-state index in [4.69, 9.17) is 0 Å². The molecular formula is C17H22FN3O2. The van der Waals surface area contributed by atoms with E-state index in [0.717, 1.165) is 25.9 Å². The van der Waals surface area contributed by atoms with Crippen molar-refractivity contribution < 1.29 is 14.0 Å². The molecule has 23 heavy (non-hydrogen) atoms. The number of piperidine rings is 1. The molecule has 1 N–H and O–H groups in total. The minimum Gasteiger partial charge on any atom is -0.339 e. The van der Waals surface area contributed by atoms with E-state index in [1.54, 1.807) is 17.0 Å². The normalized spacial score (nSPS) is 22.0. The second kappa shape index (κ2) is 7.08. The second-order valence-corrected chi connectivity index (χ2v) is 6.17. The summed E-state index contributed by atoms with van der Waals surface area (Å²) in [7, 11) is 0. The van der Waals surface area contributed by atoms with Gasteiger partial charge in [-0.2, -0.15) is 0 Å². The number of rotatable bonds is 2. The molecule has 0 saturated carbocycles. The van der Waals surface area contributed by atoms with Crippen LogP contribution in [0.2, 0.25) is 0 Å². The molecule has 3 rings (SSSR count). The van der Waals surface area contributed by atoms with Crippen LogP contribution >= 0.6 is 0 Å². The number of nitrogens with one attached hydrogen (secondary N) is 1. The first-order valence-corrected chi connectivity index (χ1v) is 8.19. The van der Waals surface area contributed by atoms with Crippen LogP contribution in [0.15, 0.2) is 24.3 Å². The smallest absolute Gasteiger partial charge is 0.254 e. The van der Waals surface area contributed by atoms with Crippen LogP contribution in [0.1, 0.15) is 23.2 Å². The van der Waals surface area contributed by atoms with Crippen molar-refractivity contribution in [2.75, 3.05) is 39.3 Å². The van der Waals surface area contributed by atoms with E-state index in [1.165, 1.54) is 12.1 Å². The van der Waals surface area contributed by atoms with E-state index in [1.807, 2.05) is 4.90 Å². The summed E-state index contributed by atoms with van der Waals surface area (Å²) in [6.07, 6.45) is 1.97. The molecule has 5 nitrogen and oxygen atoms in total. The highest BCUT2D eigenvalue weighted by Crippen LogP contribution is 2.16. The Balaban J connectivity index is 1.55. The first-order chi connectivity index (χ1) is 11.1. The number of nitrogens with zero attached hydrogens (tertiary/aromatic N) is 2. The first-order valence-electron chi connectivity index (χ1n) is 8.19. The van der Waals surface area contributed by atoms with Crippen LogP contribution in [0.25, 0.3) is 0 Å². The van der Waals surface area contributed by atoms with Gasteiger partial charge in [0.05, 0.1) is 5.92 Å². The summed E-state index contributed by atoms with van der Waals surface area (Å²) in [5.74, 6) is -0.324. The largest absolute Gasteiger partial charge is 0.339 e. The van der Waals surface area contributed by atoms with E-state index >= 15 is 0 Å². The van der Waals surface area contributed by atoms with E-state index < -0.39 is 5.82 Å². The molecule has 0 spiro atoms. The second-order valence-electron chi connectivity index (χ2n) is 6.17. The van der Waals surface area contributed by atoms with Crippen molar-refractivity contribution in [3.8, 4) is 0 Å². The first kappa shape index (κ1) is 15.9. The summed E-state index contributed by atoms with van der Waals surface area (Å²) >= 11 is 0. The predicted octanol–water partition coefficient (Wildman–Crippen LogP) is 1.11. The fraction of sp³-hybridized carbons (Fsp3) is 0.529. The molecule has 2 aliphatic heterocycles. The average Bonchev–Trinajstić information content (AvgIpc) is 2.61. The molecule has 0 aliphatic carbocycles. The minimum absolute atomic E-state index is 0.0641. The average molecular weight is 319 g/mol. The van der Waals surface area contributed by atoms with Gasteiger partial charge in [-0.3, -0.25) is 9.59 Å². The SMILES string of the molecule is O=C(c1cccc(F)c1)N1CCN(C(=O)C2CCCNC2)CC1. The Morgan fingerprint density at radius 2 is 1.87 bits per heavy atom. The van der Waals surface area contributed by atoms with E-state index in [9.17, 15) is 14.0 Å². The maximum Gasteiger partial charge on any atom is 0.254 e. The van der Waals surface area contributed by atoms with Crippen molar-refractivity contribution in [2.24, 2.45) is 5.92 Å². The van der Waals surface area contributed by atoms with Gasteiger partial charge in [0.15, 0.2) is 0 Å². The maximum absolute atomic E-state index is 13.2. The third-order valence-electron chi connectivity index (χ3n) is 4.60. The van der Waals surface area contributed by atoms with Crippen molar-refractivity contribution in [3.05, 3.63) is 35.6 Å². The van der Waals surface area contributed by atoms with Gasteiger partial charge in [0.1, 0.15) is 5.82 Å². The maximum atomic E-state index is 13.2. The van der Waals surface area contributed by atoms with Gasteiger partial charge >= 0.3 is 0 Å². The van der Waals surface area contributed by atoms with Crippen LogP contribution in [0.3, 0.4) is 0 Å². The summed E-state index contributed by atoms with van der Waals surface area (Å²) in [5, 5.41) is 3.26. The lowest BCUT2D eigenvalue weighted by Crippen LogP contribution is -2.53. The standard InChI is InChI=1S/C17H22FN3O2/c18-15-5-1-3-13(11-15)16(22)20-7-9-21(10-8-20)17(23)14-4-2-6-19-12-14/h1,3,5,11,14,19H,2,4,6-10,12H2. The van der Waals surface area contributed by atoms with Gasteiger partial charge in [0.2, 0.25) is 5.91 Å². The summed E-state index contributed by atoms with van der Waals surface area (Å²) < 4.78 is 13.2. The molecule has 0 bridgehead atoms. The van der Waals surface area contributed by atoms with Crippen molar-refractivity contribution in [1.29, 1.82) is 0 Å². The van der Waals surface area contributed by atoms with Gasteiger partial charge < -0.3 is 15.1 Å². The van der Waals surface area contributed by atoms with Gasteiger partial charge in [-0.15, -0.1) is 0 Å². The van der Waals surface area contributed by atoms with Crippen LogP contribution in [-0.4, -0.2) is 60.9 Å². The fourth-order valence-electron chi connectivity index (χ4n) is 3.25. The number of carbonyl (C=O) groups excluding carboxylic acids is 2. The molecule has 2 saturated heterocycles. The molecule has 6 heteroatoms. The lowest BCUT2D eigenvalue weighted by atomic mass is 9.98. The minimum atomic E-state index is -0.408.